The van der Waals surface area contributed by atoms with E-state index in [4.69, 9.17) is 11.6 Å². The maximum absolute atomic E-state index is 6.08. The number of hydrogen-bond acceptors (Lipinski definition) is 2. The third-order valence-corrected chi connectivity index (χ3v) is 4.09. The van der Waals surface area contributed by atoms with E-state index in [0.29, 0.717) is 0 Å². The van der Waals surface area contributed by atoms with Gasteiger partial charge in [0.15, 0.2) is 0 Å². The van der Waals surface area contributed by atoms with E-state index in [2.05, 4.69) is 17.6 Å². The van der Waals surface area contributed by atoms with Crippen molar-refractivity contribution in [3.63, 3.8) is 0 Å². The maximum Gasteiger partial charge on any atom is 0.0564 e. The lowest BCUT2D eigenvalue weighted by molar-refractivity contribution is 0.444. The number of rotatable bonds is 1. The second kappa shape index (κ2) is 3.02. The van der Waals surface area contributed by atoms with Crippen molar-refractivity contribution >= 4 is 22.9 Å². The van der Waals surface area contributed by atoms with Gasteiger partial charge in [-0.1, -0.05) is 11.6 Å². The highest BCUT2D eigenvalue weighted by Crippen LogP contribution is 2.38. The van der Waals surface area contributed by atoms with Gasteiger partial charge in [0.25, 0.3) is 0 Å². The molecule has 12 heavy (non-hydrogen) atoms. The van der Waals surface area contributed by atoms with E-state index in [1.54, 1.807) is 11.3 Å². The fourth-order valence-corrected chi connectivity index (χ4v) is 3.21. The molecule has 1 aromatic heterocycles. The zero-order valence-corrected chi connectivity index (χ0v) is 8.63. The van der Waals surface area contributed by atoms with E-state index >= 15 is 0 Å². The molecule has 0 amide bonds. The summed E-state index contributed by atoms with van der Waals surface area (Å²) in [4.78, 5) is 1.29. The number of nitrogens with one attached hydrogen (secondary N) is 1. The first-order chi connectivity index (χ1) is 5.72. The van der Waals surface area contributed by atoms with Gasteiger partial charge >= 0.3 is 0 Å². The van der Waals surface area contributed by atoms with Gasteiger partial charge in [-0.15, -0.1) is 11.3 Å². The fraction of sp³-hybridized carbons (Fsp3) is 0.556. The zero-order chi connectivity index (χ0) is 8.60. The molecule has 1 aliphatic heterocycles. The summed E-state index contributed by atoms with van der Waals surface area (Å²) >= 11 is 7.83. The molecule has 0 bridgehead atoms. The van der Waals surface area contributed by atoms with Crippen LogP contribution in [0.25, 0.3) is 0 Å². The predicted octanol–water partition coefficient (Wildman–Crippen LogP) is 3.00. The van der Waals surface area contributed by atoms with Crippen molar-refractivity contribution in [1.82, 2.24) is 5.32 Å². The Labute approximate surface area is 81.7 Å². The van der Waals surface area contributed by atoms with Gasteiger partial charge in [-0.25, -0.2) is 0 Å². The molecule has 2 rings (SSSR count). The number of hydrogen-bond donors (Lipinski definition) is 1. The van der Waals surface area contributed by atoms with Gasteiger partial charge in [-0.3, -0.25) is 0 Å². The van der Waals surface area contributed by atoms with Crippen LogP contribution >= 0.6 is 22.9 Å². The van der Waals surface area contributed by atoms with Crippen LogP contribution in [0.3, 0.4) is 0 Å². The van der Waals surface area contributed by atoms with Crippen molar-refractivity contribution in [2.24, 2.45) is 0 Å². The molecule has 1 atom stereocenters. The van der Waals surface area contributed by atoms with Crippen LogP contribution in [0.15, 0.2) is 11.4 Å². The molecule has 0 aliphatic carbocycles. The third-order valence-electron chi connectivity index (χ3n) is 2.49. The molecule has 0 aromatic carbocycles. The van der Waals surface area contributed by atoms with Crippen LogP contribution in [0.4, 0.5) is 0 Å². The fourth-order valence-electron chi connectivity index (χ4n) is 1.78. The quantitative estimate of drug-likeness (QED) is 0.737. The highest BCUT2D eigenvalue weighted by Gasteiger charge is 2.32. The summed E-state index contributed by atoms with van der Waals surface area (Å²) in [6, 6.07) is 1.98. The van der Waals surface area contributed by atoms with Crippen molar-refractivity contribution in [3.05, 3.63) is 21.3 Å². The molecule has 1 nitrogen and oxygen atoms in total. The Morgan fingerprint density at radius 2 is 2.50 bits per heavy atom. The first-order valence-electron chi connectivity index (χ1n) is 4.21. The first-order valence-corrected chi connectivity index (χ1v) is 5.47. The lowest BCUT2D eigenvalue weighted by atomic mass is 9.98. The minimum Gasteiger partial charge on any atom is -0.307 e. The van der Waals surface area contributed by atoms with Crippen LogP contribution in [0.2, 0.25) is 5.02 Å². The standard InChI is InChI=1S/C9H12ClNS/c1-9(4-2-5-11-9)8-7(10)3-6-12-8/h3,6,11H,2,4-5H2,1H3. The van der Waals surface area contributed by atoms with Crippen LogP contribution in [-0.2, 0) is 5.54 Å². The lowest BCUT2D eigenvalue weighted by Gasteiger charge is -2.23. The van der Waals surface area contributed by atoms with Crippen molar-refractivity contribution in [3.8, 4) is 0 Å². The Kier molecular flexibility index (Phi) is 2.15. The molecule has 1 aromatic rings. The van der Waals surface area contributed by atoms with Crippen molar-refractivity contribution in [2.75, 3.05) is 6.54 Å². The van der Waals surface area contributed by atoms with Crippen LogP contribution in [0.5, 0.6) is 0 Å². The van der Waals surface area contributed by atoms with Gasteiger partial charge in [0.05, 0.1) is 10.6 Å². The average Bonchev–Trinajstić information content (AvgIpc) is 2.59. The van der Waals surface area contributed by atoms with E-state index in [-0.39, 0.29) is 5.54 Å². The summed E-state index contributed by atoms with van der Waals surface area (Å²) in [5.41, 5.74) is 0.144. The topological polar surface area (TPSA) is 12.0 Å². The lowest BCUT2D eigenvalue weighted by Crippen LogP contribution is -2.32. The van der Waals surface area contributed by atoms with Gasteiger partial charge in [0, 0.05) is 4.88 Å². The molecular weight excluding hydrogens is 190 g/mol. The van der Waals surface area contributed by atoms with Crippen LogP contribution in [0.1, 0.15) is 24.6 Å². The number of halogens is 1. The maximum atomic E-state index is 6.08. The summed E-state index contributed by atoms with van der Waals surface area (Å²) in [5.74, 6) is 0. The second-order valence-electron chi connectivity index (χ2n) is 3.46. The Morgan fingerprint density at radius 1 is 1.67 bits per heavy atom. The molecule has 1 unspecified atom stereocenters. The van der Waals surface area contributed by atoms with E-state index in [1.807, 2.05) is 6.07 Å². The van der Waals surface area contributed by atoms with Gasteiger partial charge in [-0.2, -0.15) is 0 Å². The van der Waals surface area contributed by atoms with Gasteiger partial charge in [-0.05, 0) is 37.8 Å². The van der Waals surface area contributed by atoms with E-state index < -0.39 is 0 Å². The molecule has 1 N–H and O–H groups in total. The van der Waals surface area contributed by atoms with Crippen LogP contribution < -0.4 is 5.32 Å². The van der Waals surface area contributed by atoms with Crippen LogP contribution in [-0.4, -0.2) is 6.54 Å². The normalized spacial score (nSPS) is 29.5. The first kappa shape index (κ1) is 8.54. The van der Waals surface area contributed by atoms with E-state index in [1.165, 1.54) is 17.7 Å². The molecule has 3 heteroatoms. The largest absolute Gasteiger partial charge is 0.307 e. The van der Waals surface area contributed by atoms with Crippen molar-refractivity contribution in [1.29, 1.82) is 0 Å². The van der Waals surface area contributed by atoms with E-state index in [9.17, 15) is 0 Å². The summed E-state index contributed by atoms with van der Waals surface area (Å²) < 4.78 is 0. The summed E-state index contributed by atoms with van der Waals surface area (Å²) in [6.45, 7) is 3.35. The number of thiophene rings is 1. The Hall–Kier alpha value is -0.0500. The summed E-state index contributed by atoms with van der Waals surface area (Å²) in [6.07, 6.45) is 2.46. The second-order valence-corrected chi connectivity index (χ2v) is 4.78. The molecule has 1 saturated heterocycles. The van der Waals surface area contributed by atoms with Crippen LogP contribution in [0, 0.1) is 0 Å². The monoisotopic (exact) mass is 201 g/mol. The zero-order valence-electron chi connectivity index (χ0n) is 7.06. The highest BCUT2D eigenvalue weighted by atomic mass is 35.5. The predicted molar refractivity (Wildman–Crippen MR) is 53.9 cm³/mol. The Balaban J connectivity index is 2.34. The molecule has 2 heterocycles. The smallest absolute Gasteiger partial charge is 0.0564 e. The molecule has 0 spiro atoms. The summed E-state index contributed by atoms with van der Waals surface area (Å²) in [5, 5.41) is 6.47. The van der Waals surface area contributed by atoms with Crippen molar-refractivity contribution in [2.45, 2.75) is 25.3 Å². The molecule has 0 saturated carbocycles. The minimum atomic E-state index is 0.144. The van der Waals surface area contributed by atoms with Gasteiger partial charge in [0.1, 0.15) is 0 Å². The molecule has 1 fully saturated rings. The Morgan fingerprint density at radius 3 is 3.00 bits per heavy atom. The third kappa shape index (κ3) is 1.28. The SMILES string of the molecule is CC1(c2sccc2Cl)CCCN1. The van der Waals surface area contributed by atoms with Gasteiger partial charge < -0.3 is 5.32 Å². The average molecular weight is 202 g/mol. The molecule has 66 valence electrons. The van der Waals surface area contributed by atoms with Crippen molar-refractivity contribution < 1.29 is 0 Å². The molecule has 1 aliphatic rings. The Bertz CT molecular complexity index is 276. The molecular formula is C9H12ClNS. The minimum absolute atomic E-state index is 0.144. The van der Waals surface area contributed by atoms with Gasteiger partial charge in [0.2, 0.25) is 0 Å². The summed E-state index contributed by atoms with van der Waals surface area (Å²) in [7, 11) is 0. The highest BCUT2D eigenvalue weighted by molar-refractivity contribution is 7.10. The van der Waals surface area contributed by atoms with E-state index in [0.717, 1.165) is 11.6 Å². The molecule has 0 radical (unpaired) electrons.